The minimum atomic E-state index is -0.959. The summed E-state index contributed by atoms with van der Waals surface area (Å²) < 4.78 is 0. The van der Waals surface area contributed by atoms with Crippen LogP contribution in [0.2, 0.25) is 0 Å². The average Bonchev–Trinajstić information content (AvgIpc) is 2.69. The Labute approximate surface area is 121 Å². The standard InChI is InChI=1S/C15H28N2O3/c1-3-12(2)17(10-13(18)19)14(20)15(11-16)8-6-4-5-7-9-15/h12H,3-11,16H2,1-2H3,(H,18,19). The number of aliphatic carboxylic acids is 1. The van der Waals surface area contributed by atoms with Gasteiger partial charge in [-0.05, 0) is 26.2 Å². The van der Waals surface area contributed by atoms with E-state index in [0.29, 0.717) is 6.54 Å². The minimum absolute atomic E-state index is 0.0568. The predicted molar refractivity (Wildman–Crippen MR) is 78.3 cm³/mol. The van der Waals surface area contributed by atoms with Crippen LogP contribution in [-0.4, -0.2) is 41.0 Å². The van der Waals surface area contributed by atoms with Crippen molar-refractivity contribution in [3.63, 3.8) is 0 Å². The van der Waals surface area contributed by atoms with Gasteiger partial charge >= 0.3 is 5.97 Å². The third kappa shape index (κ3) is 3.95. The molecule has 0 aromatic carbocycles. The lowest BCUT2D eigenvalue weighted by Gasteiger charge is -2.38. The number of carboxylic acid groups (broad SMARTS) is 1. The monoisotopic (exact) mass is 284 g/mol. The Morgan fingerprint density at radius 3 is 2.20 bits per heavy atom. The second-order valence-corrected chi connectivity index (χ2v) is 5.98. The van der Waals surface area contributed by atoms with Gasteiger partial charge in [0.25, 0.3) is 0 Å². The van der Waals surface area contributed by atoms with E-state index >= 15 is 0 Å². The molecule has 1 rings (SSSR count). The number of hydrogen-bond donors (Lipinski definition) is 2. The summed E-state index contributed by atoms with van der Waals surface area (Å²) in [6.45, 7) is 3.96. The summed E-state index contributed by atoms with van der Waals surface area (Å²) in [5.41, 5.74) is 5.38. The van der Waals surface area contributed by atoms with Crippen LogP contribution in [0.5, 0.6) is 0 Å². The van der Waals surface area contributed by atoms with Crippen molar-refractivity contribution >= 4 is 11.9 Å². The summed E-state index contributed by atoms with van der Waals surface area (Å²) >= 11 is 0. The van der Waals surface area contributed by atoms with Crippen LogP contribution in [0.25, 0.3) is 0 Å². The number of carbonyl (C=O) groups excluding carboxylic acids is 1. The third-order valence-corrected chi connectivity index (χ3v) is 4.59. The van der Waals surface area contributed by atoms with Crippen LogP contribution < -0.4 is 5.73 Å². The molecule has 0 aliphatic heterocycles. The van der Waals surface area contributed by atoms with Crippen molar-refractivity contribution in [3.8, 4) is 0 Å². The molecule has 1 fully saturated rings. The van der Waals surface area contributed by atoms with Crippen LogP contribution in [-0.2, 0) is 9.59 Å². The summed E-state index contributed by atoms with van der Waals surface area (Å²) in [5.74, 6) is -1.02. The molecular formula is C15H28N2O3. The van der Waals surface area contributed by atoms with E-state index in [-0.39, 0.29) is 18.5 Å². The number of nitrogens with zero attached hydrogens (tertiary/aromatic N) is 1. The fourth-order valence-corrected chi connectivity index (χ4v) is 3.01. The molecular weight excluding hydrogens is 256 g/mol. The molecule has 0 heterocycles. The van der Waals surface area contributed by atoms with Crippen LogP contribution in [0.1, 0.15) is 58.8 Å². The fraction of sp³-hybridized carbons (Fsp3) is 0.867. The summed E-state index contributed by atoms with van der Waals surface area (Å²) in [5, 5.41) is 9.06. The third-order valence-electron chi connectivity index (χ3n) is 4.59. The Morgan fingerprint density at radius 1 is 1.25 bits per heavy atom. The first-order valence-corrected chi connectivity index (χ1v) is 7.70. The highest BCUT2D eigenvalue weighted by Crippen LogP contribution is 2.36. The average molecular weight is 284 g/mol. The summed E-state index contributed by atoms with van der Waals surface area (Å²) in [6.07, 6.45) is 6.60. The lowest BCUT2D eigenvalue weighted by molar-refractivity contribution is -0.152. The topological polar surface area (TPSA) is 83.6 Å². The van der Waals surface area contributed by atoms with Crippen molar-refractivity contribution in [1.82, 2.24) is 4.90 Å². The minimum Gasteiger partial charge on any atom is -0.480 e. The number of rotatable bonds is 6. The number of carboxylic acids is 1. The molecule has 5 heteroatoms. The Morgan fingerprint density at radius 2 is 1.80 bits per heavy atom. The van der Waals surface area contributed by atoms with Gasteiger partial charge in [0, 0.05) is 12.6 Å². The van der Waals surface area contributed by atoms with Gasteiger partial charge in [0.05, 0.1) is 5.41 Å². The Bertz CT molecular complexity index is 336. The van der Waals surface area contributed by atoms with Crippen molar-refractivity contribution in [1.29, 1.82) is 0 Å². The second-order valence-electron chi connectivity index (χ2n) is 5.98. The predicted octanol–water partition coefficient (Wildman–Crippen LogP) is 2.00. The summed E-state index contributed by atoms with van der Waals surface area (Å²) in [7, 11) is 0. The zero-order valence-corrected chi connectivity index (χ0v) is 12.7. The van der Waals surface area contributed by atoms with E-state index in [9.17, 15) is 9.59 Å². The molecule has 1 amide bonds. The molecule has 5 nitrogen and oxygen atoms in total. The van der Waals surface area contributed by atoms with E-state index in [2.05, 4.69) is 0 Å². The van der Waals surface area contributed by atoms with E-state index in [1.54, 1.807) is 0 Å². The van der Waals surface area contributed by atoms with Gasteiger partial charge in [-0.2, -0.15) is 0 Å². The maximum absolute atomic E-state index is 12.9. The van der Waals surface area contributed by atoms with Crippen LogP contribution in [0.3, 0.4) is 0 Å². The van der Waals surface area contributed by atoms with Crippen LogP contribution >= 0.6 is 0 Å². The van der Waals surface area contributed by atoms with Gasteiger partial charge in [0.15, 0.2) is 0 Å². The SMILES string of the molecule is CCC(C)N(CC(=O)O)C(=O)C1(CN)CCCCCC1. The van der Waals surface area contributed by atoms with Crippen LogP contribution in [0, 0.1) is 5.41 Å². The Kier molecular flexibility index (Phi) is 6.46. The number of amides is 1. The van der Waals surface area contributed by atoms with Crippen molar-refractivity contribution in [2.24, 2.45) is 11.1 Å². The quantitative estimate of drug-likeness (QED) is 0.731. The molecule has 1 unspecified atom stereocenters. The molecule has 1 atom stereocenters. The normalized spacial score (nSPS) is 19.9. The Balaban J connectivity index is 2.96. The molecule has 0 saturated heterocycles. The molecule has 0 bridgehead atoms. The molecule has 0 radical (unpaired) electrons. The summed E-state index contributed by atoms with van der Waals surface area (Å²) in [6, 6.07) is -0.0646. The fourth-order valence-electron chi connectivity index (χ4n) is 3.01. The molecule has 0 spiro atoms. The Hall–Kier alpha value is -1.10. The lowest BCUT2D eigenvalue weighted by Crippen LogP contribution is -2.52. The van der Waals surface area contributed by atoms with Gasteiger partial charge in [-0.1, -0.05) is 32.6 Å². The van der Waals surface area contributed by atoms with Gasteiger partial charge in [0.2, 0.25) is 5.91 Å². The van der Waals surface area contributed by atoms with Crippen LogP contribution in [0.15, 0.2) is 0 Å². The molecule has 1 saturated carbocycles. The van der Waals surface area contributed by atoms with E-state index in [1.165, 1.54) is 4.90 Å². The molecule has 1 aliphatic rings. The maximum Gasteiger partial charge on any atom is 0.323 e. The van der Waals surface area contributed by atoms with Gasteiger partial charge in [0.1, 0.15) is 6.54 Å². The van der Waals surface area contributed by atoms with Gasteiger partial charge in [-0.15, -0.1) is 0 Å². The first kappa shape index (κ1) is 17.0. The summed E-state index contributed by atoms with van der Waals surface area (Å²) in [4.78, 5) is 25.5. The maximum atomic E-state index is 12.9. The molecule has 0 aromatic rings. The molecule has 0 aromatic heterocycles. The van der Waals surface area contributed by atoms with Gasteiger partial charge < -0.3 is 15.7 Å². The lowest BCUT2D eigenvalue weighted by atomic mass is 9.78. The largest absolute Gasteiger partial charge is 0.480 e. The van der Waals surface area contributed by atoms with Crippen molar-refractivity contribution in [2.75, 3.05) is 13.1 Å². The van der Waals surface area contributed by atoms with E-state index < -0.39 is 11.4 Å². The number of nitrogens with two attached hydrogens (primary N) is 1. The van der Waals surface area contributed by atoms with E-state index in [0.717, 1.165) is 44.9 Å². The smallest absolute Gasteiger partial charge is 0.323 e. The molecule has 3 N–H and O–H groups in total. The first-order valence-electron chi connectivity index (χ1n) is 7.70. The molecule has 116 valence electrons. The van der Waals surface area contributed by atoms with Crippen LogP contribution in [0.4, 0.5) is 0 Å². The highest BCUT2D eigenvalue weighted by atomic mass is 16.4. The highest BCUT2D eigenvalue weighted by molar-refractivity contribution is 5.86. The van der Waals surface area contributed by atoms with Crippen molar-refractivity contribution in [2.45, 2.75) is 64.8 Å². The molecule has 20 heavy (non-hydrogen) atoms. The second kappa shape index (κ2) is 7.62. The zero-order chi connectivity index (χ0) is 15.2. The first-order chi connectivity index (χ1) is 9.46. The number of hydrogen-bond acceptors (Lipinski definition) is 3. The van der Waals surface area contributed by atoms with Gasteiger partial charge in [-0.3, -0.25) is 9.59 Å². The highest BCUT2D eigenvalue weighted by Gasteiger charge is 2.41. The zero-order valence-electron chi connectivity index (χ0n) is 12.7. The van der Waals surface area contributed by atoms with Gasteiger partial charge in [-0.25, -0.2) is 0 Å². The molecule has 1 aliphatic carbocycles. The number of carbonyl (C=O) groups is 2. The van der Waals surface area contributed by atoms with E-state index in [4.69, 9.17) is 10.8 Å². The van der Waals surface area contributed by atoms with E-state index in [1.807, 2.05) is 13.8 Å². The van der Waals surface area contributed by atoms with Crippen molar-refractivity contribution in [3.05, 3.63) is 0 Å². The van der Waals surface area contributed by atoms with Crippen molar-refractivity contribution < 1.29 is 14.7 Å².